The normalized spacial score (nSPS) is 11.0. The highest BCUT2D eigenvalue weighted by Crippen LogP contribution is 2.14. The fraction of sp³-hybridized carbons (Fsp3) is 0.526. The Hall–Kier alpha value is -3.01. The fourth-order valence-corrected chi connectivity index (χ4v) is 2.71. The summed E-state index contributed by atoms with van der Waals surface area (Å²) < 4.78 is 6.68. The summed E-state index contributed by atoms with van der Waals surface area (Å²) in [5.74, 6) is -1.20. The molecule has 10 nitrogen and oxygen atoms in total. The highest BCUT2D eigenvalue weighted by Gasteiger charge is 2.18. The second-order valence-electron chi connectivity index (χ2n) is 6.87. The number of anilines is 1. The number of aryl methyl sites for hydroxylation is 2. The van der Waals surface area contributed by atoms with Crippen molar-refractivity contribution in [3.05, 3.63) is 33.4 Å². The van der Waals surface area contributed by atoms with E-state index in [2.05, 4.69) is 25.7 Å². The largest absolute Gasteiger partial charge is 0.379 e. The molecule has 0 aromatic carbocycles. The minimum atomic E-state index is -0.833. The molecule has 10 heteroatoms. The number of nitrogens with one attached hydrogen (secondary N) is 3. The van der Waals surface area contributed by atoms with Gasteiger partial charge < -0.3 is 15.4 Å². The molecule has 0 aliphatic carbocycles. The van der Waals surface area contributed by atoms with Crippen LogP contribution < -0.4 is 16.2 Å². The van der Waals surface area contributed by atoms with E-state index < -0.39 is 11.8 Å². The average molecular weight is 404 g/mol. The van der Waals surface area contributed by atoms with E-state index in [0.29, 0.717) is 42.9 Å². The van der Waals surface area contributed by atoms with Gasteiger partial charge in [-0.1, -0.05) is 6.92 Å². The predicted octanol–water partition coefficient (Wildman–Crippen LogP) is 1.00. The van der Waals surface area contributed by atoms with E-state index in [1.807, 2.05) is 20.8 Å². The van der Waals surface area contributed by atoms with Crippen LogP contribution in [0.1, 0.15) is 44.1 Å². The molecule has 0 saturated heterocycles. The standard InChI is InChI=1S/C19H28N6O4/c1-6-14-13(5)21-19(23-16(14)26)25-15(10-12(4)24-25)22-18(28)17(27)20-8-7-9-29-11(2)3/h10-11H,6-9H2,1-5H3,(H,20,27)(H,22,28)(H,21,23,26). The molecule has 2 aromatic heterocycles. The zero-order chi connectivity index (χ0) is 21.6. The lowest BCUT2D eigenvalue weighted by Gasteiger charge is -2.10. The molecule has 0 aliphatic rings. The third-order valence-electron chi connectivity index (χ3n) is 4.10. The highest BCUT2D eigenvalue weighted by atomic mass is 16.5. The summed E-state index contributed by atoms with van der Waals surface area (Å²) >= 11 is 0. The Labute approximate surface area is 169 Å². The molecule has 0 bridgehead atoms. The zero-order valence-electron chi connectivity index (χ0n) is 17.5. The Kier molecular flexibility index (Phi) is 7.66. The average Bonchev–Trinajstić information content (AvgIpc) is 3.00. The first-order valence-corrected chi connectivity index (χ1v) is 9.60. The Morgan fingerprint density at radius 1 is 1.28 bits per heavy atom. The molecule has 0 unspecified atom stereocenters. The first kappa shape index (κ1) is 22.3. The van der Waals surface area contributed by atoms with Crippen molar-refractivity contribution in [2.24, 2.45) is 0 Å². The summed E-state index contributed by atoms with van der Waals surface area (Å²) in [5.41, 5.74) is 1.50. The van der Waals surface area contributed by atoms with E-state index >= 15 is 0 Å². The van der Waals surface area contributed by atoms with Gasteiger partial charge in [-0.2, -0.15) is 9.78 Å². The topological polar surface area (TPSA) is 131 Å². The third kappa shape index (κ3) is 5.98. The minimum absolute atomic E-state index is 0.118. The summed E-state index contributed by atoms with van der Waals surface area (Å²) in [7, 11) is 0. The number of aromatic amines is 1. The van der Waals surface area contributed by atoms with Gasteiger partial charge in [0.15, 0.2) is 0 Å². The fourth-order valence-electron chi connectivity index (χ4n) is 2.71. The van der Waals surface area contributed by atoms with Crippen LogP contribution in [0.3, 0.4) is 0 Å². The van der Waals surface area contributed by atoms with E-state index in [4.69, 9.17) is 4.74 Å². The first-order valence-electron chi connectivity index (χ1n) is 9.60. The SMILES string of the molecule is CCc1c(C)nc(-n2nc(C)cc2NC(=O)C(=O)NCCCOC(C)C)[nH]c1=O. The number of nitrogens with zero attached hydrogens (tertiary/aromatic N) is 3. The first-order chi connectivity index (χ1) is 13.7. The van der Waals surface area contributed by atoms with Crippen molar-refractivity contribution in [3.63, 3.8) is 0 Å². The lowest BCUT2D eigenvalue weighted by Crippen LogP contribution is -2.36. The van der Waals surface area contributed by atoms with Crippen LogP contribution >= 0.6 is 0 Å². The molecule has 0 fully saturated rings. The molecule has 2 heterocycles. The molecular weight excluding hydrogens is 376 g/mol. The van der Waals surface area contributed by atoms with Gasteiger partial charge in [0.2, 0.25) is 5.95 Å². The Morgan fingerprint density at radius 3 is 2.62 bits per heavy atom. The Bertz CT molecular complexity index is 931. The van der Waals surface area contributed by atoms with Gasteiger partial charge in [0, 0.05) is 30.5 Å². The number of rotatable bonds is 8. The Morgan fingerprint density at radius 2 is 2.00 bits per heavy atom. The molecule has 158 valence electrons. The van der Waals surface area contributed by atoms with Crippen molar-refractivity contribution in [1.82, 2.24) is 25.1 Å². The number of hydrogen-bond donors (Lipinski definition) is 3. The van der Waals surface area contributed by atoms with E-state index in [1.54, 1.807) is 19.9 Å². The summed E-state index contributed by atoms with van der Waals surface area (Å²) in [4.78, 5) is 43.5. The molecule has 2 rings (SSSR count). The van der Waals surface area contributed by atoms with Crippen molar-refractivity contribution in [1.29, 1.82) is 0 Å². The lowest BCUT2D eigenvalue weighted by atomic mass is 10.2. The summed E-state index contributed by atoms with van der Waals surface area (Å²) in [6, 6.07) is 1.59. The second-order valence-corrected chi connectivity index (χ2v) is 6.87. The maximum atomic E-state index is 12.2. The van der Waals surface area contributed by atoms with E-state index in [-0.39, 0.29) is 23.4 Å². The molecule has 0 atom stereocenters. The maximum absolute atomic E-state index is 12.2. The van der Waals surface area contributed by atoms with Gasteiger partial charge in [-0.15, -0.1) is 0 Å². The molecule has 0 aliphatic heterocycles. The van der Waals surface area contributed by atoms with Gasteiger partial charge in [-0.25, -0.2) is 4.98 Å². The number of aromatic nitrogens is 4. The molecule has 2 aromatic rings. The van der Waals surface area contributed by atoms with Crippen molar-refractivity contribution < 1.29 is 14.3 Å². The van der Waals surface area contributed by atoms with Gasteiger partial charge in [0.05, 0.1) is 11.8 Å². The maximum Gasteiger partial charge on any atom is 0.314 e. The number of amides is 2. The van der Waals surface area contributed by atoms with Crippen LogP contribution in [0.25, 0.3) is 5.95 Å². The van der Waals surface area contributed by atoms with Crippen LogP contribution in [0, 0.1) is 13.8 Å². The second kappa shape index (κ2) is 9.97. The van der Waals surface area contributed by atoms with Crippen LogP contribution in [0.4, 0.5) is 5.82 Å². The number of carbonyl (C=O) groups excluding carboxylic acids is 2. The summed E-state index contributed by atoms with van der Waals surface area (Å²) in [6.07, 6.45) is 1.27. The molecule has 0 radical (unpaired) electrons. The molecule has 0 saturated carbocycles. The van der Waals surface area contributed by atoms with Crippen molar-refractivity contribution in [3.8, 4) is 5.95 Å². The summed E-state index contributed by atoms with van der Waals surface area (Å²) in [6.45, 7) is 10.0. The minimum Gasteiger partial charge on any atom is -0.379 e. The molecule has 0 spiro atoms. The van der Waals surface area contributed by atoms with Gasteiger partial charge >= 0.3 is 11.8 Å². The molecule has 3 N–H and O–H groups in total. The van der Waals surface area contributed by atoms with E-state index in [0.717, 1.165) is 0 Å². The smallest absolute Gasteiger partial charge is 0.314 e. The lowest BCUT2D eigenvalue weighted by molar-refractivity contribution is -0.136. The monoisotopic (exact) mass is 404 g/mol. The highest BCUT2D eigenvalue weighted by molar-refractivity contribution is 6.39. The number of H-pyrrole nitrogens is 1. The number of hydrogen-bond acceptors (Lipinski definition) is 6. The van der Waals surface area contributed by atoms with Gasteiger partial charge in [0.1, 0.15) is 5.82 Å². The third-order valence-corrected chi connectivity index (χ3v) is 4.10. The number of ether oxygens (including phenoxy) is 1. The molecule has 2 amide bonds. The van der Waals surface area contributed by atoms with Crippen LogP contribution in [0.2, 0.25) is 0 Å². The molecular formula is C19H28N6O4. The van der Waals surface area contributed by atoms with Crippen LogP contribution in [-0.4, -0.2) is 50.8 Å². The summed E-state index contributed by atoms with van der Waals surface area (Å²) in [5, 5.41) is 9.31. The Balaban J connectivity index is 2.08. The van der Waals surface area contributed by atoms with Crippen LogP contribution in [0.5, 0.6) is 0 Å². The molecule has 29 heavy (non-hydrogen) atoms. The zero-order valence-corrected chi connectivity index (χ0v) is 17.5. The van der Waals surface area contributed by atoms with Crippen LogP contribution in [0.15, 0.2) is 10.9 Å². The van der Waals surface area contributed by atoms with Gasteiger partial charge in [0.25, 0.3) is 5.56 Å². The van der Waals surface area contributed by atoms with E-state index in [9.17, 15) is 14.4 Å². The van der Waals surface area contributed by atoms with Crippen molar-refractivity contribution in [2.75, 3.05) is 18.5 Å². The quantitative estimate of drug-likeness (QED) is 0.444. The van der Waals surface area contributed by atoms with Crippen LogP contribution in [-0.2, 0) is 20.7 Å². The van der Waals surface area contributed by atoms with E-state index in [1.165, 1.54) is 4.68 Å². The number of carbonyl (C=O) groups is 2. The van der Waals surface area contributed by atoms with Gasteiger partial charge in [-0.3, -0.25) is 19.4 Å². The van der Waals surface area contributed by atoms with Gasteiger partial charge in [-0.05, 0) is 40.5 Å². The van der Waals surface area contributed by atoms with Crippen molar-refractivity contribution >= 4 is 17.6 Å². The van der Waals surface area contributed by atoms with Crippen molar-refractivity contribution in [2.45, 2.75) is 53.6 Å². The predicted molar refractivity (Wildman–Crippen MR) is 108 cm³/mol.